The molecule has 0 saturated heterocycles. The predicted octanol–water partition coefficient (Wildman–Crippen LogP) is 10.2. The maximum atomic E-state index is 5.08. The minimum atomic E-state index is 0.932. The quantitative estimate of drug-likeness (QED) is 0.0965. The Bertz CT molecular complexity index is 247. The van der Waals surface area contributed by atoms with Crippen LogP contribution in [0.5, 0.6) is 0 Å². The van der Waals surface area contributed by atoms with Crippen molar-refractivity contribution < 1.29 is 4.74 Å². The zero-order valence-corrected chi connectivity index (χ0v) is 21.8. The largest absolute Gasteiger partial charge is 0.385 e. The molecule has 0 spiro atoms. The summed E-state index contributed by atoms with van der Waals surface area (Å²) < 4.78 is 5.08. The van der Waals surface area contributed by atoms with E-state index in [2.05, 4.69) is 28.5 Å². The Morgan fingerprint density at radius 3 is 1.07 bits per heavy atom. The van der Waals surface area contributed by atoms with E-state index >= 15 is 0 Å². The van der Waals surface area contributed by atoms with E-state index in [4.69, 9.17) is 4.74 Å². The fourth-order valence-corrected chi connectivity index (χ4v) is 6.06. The normalized spacial score (nSPS) is 11.4. The third-order valence-electron chi connectivity index (χ3n) is 5.74. The second-order valence-corrected chi connectivity index (χ2v) is 11.4. The zero-order valence-electron chi connectivity index (χ0n) is 20.2. The highest BCUT2D eigenvalue weighted by Crippen LogP contribution is 2.24. The first-order chi connectivity index (χ1) is 14.4. The smallest absolute Gasteiger partial charge is 0.0462 e. The van der Waals surface area contributed by atoms with Gasteiger partial charge in [-0.1, -0.05) is 144 Å². The van der Waals surface area contributed by atoms with Crippen molar-refractivity contribution in [3.8, 4) is 0 Å². The molecule has 0 atom stereocenters. The summed E-state index contributed by atoms with van der Waals surface area (Å²) in [4.78, 5) is 0. The molecule has 0 aliphatic rings. The molecule has 0 amide bonds. The summed E-state index contributed by atoms with van der Waals surface area (Å²) in [6.07, 6.45) is 30.2. The number of rotatable bonds is 26. The van der Waals surface area contributed by atoms with Gasteiger partial charge in [0.2, 0.25) is 0 Å². The van der Waals surface area contributed by atoms with Gasteiger partial charge < -0.3 is 4.74 Å². The molecular weight excluding hydrogens is 392 g/mol. The summed E-state index contributed by atoms with van der Waals surface area (Å²) in [7, 11) is 5.99. The first-order valence-corrected chi connectivity index (χ1v) is 15.6. The van der Waals surface area contributed by atoms with Gasteiger partial charge in [-0.2, -0.15) is 0 Å². The minimum Gasteiger partial charge on any atom is -0.385 e. The molecule has 1 nitrogen and oxygen atoms in total. The fourth-order valence-electron chi connectivity index (χ4n) is 3.76. The SMILES string of the molecule is CCCCCCCCCCCCCCCCCCCSSCCCCCCOC. The lowest BCUT2D eigenvalue weighted by atomic mass is 10.0. The summed E-state index contributed by atoms with van der Waals surface area (Å²) in [5.74, 6) is 2.68. The molecule has 176 valence electrons. The Morgan fingerprint density at radius 1 is 0.414 bits per heavy atom. The molecule has 0 aromatic rings. The summed E-state index contributed by atoms with van der Waals surface area (Å²) >= 11 is 0. The van der Waals surface area contributed by atoms with E-state index in [9.17, 15) is 0 Å². The summed E-state index contributed by atoms with van der Waals surface area (Å²) in [6, 6.07) is 0. The number of unbranched alkanes of at least 4 members (excludes halogenated alkanes) is 19. The van der Waals surface area contributed by atoms with Crippen LogP contribution in [0.4, 0.5) is 0 Å². The lowest BCUT2D eigenvalue weighted by Gasteiger charge is -2.04. The third kappa shape index (κ3) is 28.7. The molecule has 29 heavy (non-hydrogen) atoms. The van der Waals surface area contributed by atoms with Gasteiger partial charge in [0, 0.05) is 25.2 Å². The predicted molar refractivity (Wildman–Crippen MR) is 139 cm³/mol. The van der Waals surface area contributed by atoms with Gasteiger partial charge in [-0.3, -0.25) is 0 Å². The Balaban J connectivity index is 2.97. The monoisotopic (exact) mass is 446 g/mol. The summed E-state index contributed by atoms with van der Waals surface area (Å²) in [5.41, 5.74) is 0. The average molecular weight is 447 g/mol. The molecule has 0 N–H and O–H groups in total. The van der Waals surface area contributed by atoms with Crippen LogP contribution in [0, 0.1) is 0 Å². The van der Waals surface area contributed by atoms with E-state index in [-0.39, 0.29) is 0 Å². The molecule has 3 heteroatoms. The Kier molecular flexibility index (Phi) is 29.3. The first-order valence-electron chi connectivity index (χ1n) is 13.1. The number of methoxy groups -OCH3 is 1. The number of hydrogen-bond acceptors (Lipinski definition) is 3. The molecular formula is C26H54OS2. The Morgan fingerprint density at radius 2 is 0.724 bits per heavy atom. The van der Waals surface area contributed by atoms with E-state index in [0.717, 1.165) is 6.61 Å². The lowest BCUT2D eigenvalue weighted by molar-refractivity contribution is 0.192. The van der Waals surface area contributed by atoms with Gasteiger partial charge in [0.15, 0.2) is 0 Å². The van der Waals surface area contributed by atoms with Gasteiger partial charge in [-0.15, -0.1) is 0 Å². The molecule has 0 fully saturated rings. The second-order valence-electron chi connectivity index (χ2n) is 8.71. The molecule has 0 saturated carbocycles. The van der Waals surface area contributed by atoms with Crippen LogP contribution in [0.3, 0.4) is 0 Å². The number of hydrogen-bond donors (Lipinski definition) is 0. The van der Waals surface area contributed by atoms with Crippen LogP contribution in [-0.4, -0.2) is 25.2 Å². The molecule has 0 bridgehead atoms. The highest BCUT2D eigenvalue weighted by molar-refractivity contribution is 8.76. The van der Waals surface area contributed by atoms with Gasteiger partial charge >= 0.3 is 0 Å². The average Bonchev–Trinajstić information content (AvgIpc) is 2.74. The van der Waals surface area contributed by atoms with E-state index in [0.29, 0.717) is 0 Å². The Labute approximate surface area is 193 Å². The van der Waals surface area contributed by atoms with Crippen molar-refractivity contribution in [2.75, 3.05) is 25.2 Å². The third-order valence-corrected chi connectivity index (χ3v) is 8.32. The van der Waals surface area contributed by atoms with Crippen LogP contribution < -0.4 is 0 Å². The molecule has 0 aromatic heterocycles. The van der Waals surface area contributed by atoms with Crippen LogP contribution in [-0.2, 0) is 4.74 Å². The van der Waals surface area contributed by atoms with Crippen LogP contribution >= 0.6 is 21.6 Å². The molecule has 0 unspecified atom stereocenters. The summed E-state index contributed by atoms with van der Waals surface area (Å²) in [6.45, 7) is 3.23. The zero-order chi connectivity index (χ0) is 21.1. The van der Waals surface area contributed by atoms with Gasteiger partial charge in [-0.05, 0) is 19.3 Å². The highest BCUT2D eigenvalue weighted by Gasteiger charge is 1.96. The topological polar surface area (TPSA) is 9.23 Å². The molecule has 0 aliphatic carbocycles. The van der Waals surface area contributed by atoms with E-state index in [1.165, 1.54) is 146 Å². The maximum Gasteiger partial charge on any atom is 0.0462 e. The van der Waals surface area contributed by atoms with Crippen LogP contribution in [0.25, 0.3) is 0 Å². The maximum absolute atomic E-state index is 5.08. The van der Waals surface area contributed by atoms with Gasteiger partial charge in [0.1, 0.15) is 0 Å². The minimum absolute atomic E-state index is 0.932. The Hall–Kier alpha value is 0.660. The molecule has 0 aromatic carbocycles. The fraction of sp³-hybridized carbons (Fsp3) is 1.00. The van der Waals surface area contributed by atoms with Gasteiger partial charge in [0.05, 0.1) is 0 Å². The van der Waals surface area contributed by atoms with Gasteiger partial charge in [0.25, 0.3) is 0 Å². The standard InChI is InChI=1S/C26H54OS2/c1-3-4-5-6-7-8-9-10-11-12-13-14-15-16-17-19-22-25-28-29-26-23-20-18-21-24-27-2/h3-26H2,1-2H3. The van der Waals surface area contributed by atoms with Crippen LogP contribution in [0.15, 0.2) is 0 Å². The van der Waals surface area contributed by atoms with Crippen molar-refractivity contribution >= 4 is 21.6 Å². The van der Waals surface area contributed by atoms with Crippen molar-refractivity contribution in [1.29, 1.82) is 0 Å². The van der Waals surface area contributed by atoms with E-state index in [1.54, 1.807) is 7.11 Å². The van der Waals surface area contributed by atoms with Crippen molar-refractivity contribution in [2.24, 2.45) is 0 Å². The second kappa shape index (κ2) is 28.7. The van der Waals surface area contributed by atoms with E-state index in [1.807, 2.05) is 0 Å². The molecule has 0 radical (unpaired) electrons. The van der Waals surface area contributed by atoms with E-state index < -0.39 is 0 Å². The molecule has 0 rings (SSSR count). The summed E-state index contributed by atoms with van der Waals surface area (Å²) in [5, 5.41) is 0. The first kappa shape index (κ1) is 29.7. The van der Waals surface area contributed by atoms with Crippen LogP contribution in [0.2, 0.25) is 0 Å². The molecule has 0 aliphatic heterocycles. The van der Waals surface area contributed by atoms with Crippen molar-refractivity contribution in [3.05, 3.63) is 0 Å². The van der Waals surface area contributed by atoms with Gasteiger partial charge in [-0.25, -0.2) is 0 Å². The van der Waals surface area contributed by atoms with Crippen molar-refractivity contribution in [3.63, 3.8) is 0 Å². The molecule has 0 heterocycles. The van der Waals surface area contributed by atoms with Crippen molar-refractivity contribution in [1.82, 2.24) is 0 Å². The lowest BCUT2D eigenvalue weighted by Crippen LogP contribution is -1.88. The number of ether oxygens (including phenoxy) is 1. The highest BCUT2D eigenvalue weighted by atomic mass is 33.1. The van der Waals surface area contributed by atoms with Crippen LogP contribution in [0.1, 0.15) is 142 Å². The van der Waals surface area contributed by atoms with Crippen molar-refractivity contribution in [2.45, 2.75) is 142 Å².